The van der Waals surface area contributed by atoms with Gasteiger partial charge >= 0.3 is 0 Å². The highest BCUT2D eigenvalue weighted by atomic mass is 32.2. The van der Waals surface area contributed by atoms with Crippen LogP contribution in [0.2, 0.25) is 0 Å². The summed E-state index contributed by atoms with van der Waals surface area (Å²) in [6.45, 7) is 4.52. The molecule has 1 saturated carbocycles. The standard InChI is InChI=1S/C13H27NO2S/c1-3-17(15,16)11-10-14-12(2)13-8-6-4-5-7-9-13/h12-14H,3-11H2,1-2H3/t12-/m1/s1. The summed E-state index contributed by atoms with van der Waals surface area (Å²) in [7, 11) is -2.82. The Kier molecular flexibility index (Phi) is 6.49. The lowest BCUT2D eigenvalue weighted by Gasteiger charge is -2.23. The highest BCUT2D eigenvalue weighted by Crippen LogP contribution is 2.25. The fourth-order valence-electron chi connectivity index (χ4n) is 2.56. The van der Waals surface area contributed by atoms with Crippen molar-refractivity contribution in [3.63, 3.8) is 0 Å². The molecule has 1 rings (SSSR count). The van der Waals surface area contributed by atoms with Crippen molar-refractivity contribution >= 4 is 9.84 Å². The first-order valence-electron chi connectivity index (χ1n) is 6.99. The molecule has 0 radical (unpaired) electrons. The summed E-state index contributed by atoms with van der Waals surface area (Å²) in [6.07, 6.45) is 8.01. The zero-order chi connectivity index (χ0) is 12.7. The molecule has 0 aliphatic heterocycles. The molecule has 0 heterocycles. The van der Waals surface area contributed by atoms with Gasteiger partial charge in [0.1, 0.15) is 0 Å². The minimum Gasteiger partial charge on any atom is -0.313 e. The second kappa shape index (κ2) is 7.37. The highest BCUT2D eigenvalue weighted by molar-refractivity contribution is 7.91. The summed E-state index contributed by atoms with van der Waals surface area (Å²) in [6, 6.07) is 0.458. The van der Waals surface area contributed by atoms with Crippen molar-refractivity contribution in [2.75, 3.05) is 18.1 Å². The van der Waals surface area contributed by atoms with E-state index in [0.717, 1.165) is 5.92 Å². The van der Waals surface area contributed by atoms with Crippen molar-refractivity contribution in [2.24, 2.45) is 5.92 Å². The van der Waals surface area contributed by atoms with Crippen LogP contribution >= 0.6 is 0 Å². The number of hydrogen-bond acceptors (Lipinski definition) is 3. The van der Waals surface area contributed by atoms with Gasteiger partial charge in [0.25, 0.3) is 0 Å². The van der Waals surface area contributed by atoms with Crippen LogP contribution in [0.15, 0.2) is 0 Å². The fraction of sp³-hybridized carbons (Fsp3) is 1.00. The molecule has 1 atom stereocenters. The van der Waals surface area contributed by atoms with Crippen molar-refractivity contribution in [1.29, 1.82) is 0 Å². The van der Waals surface area contributed by atoms with Crippen molar-refractivity contribution in [3.8, 4) is 0 Å². The summed E-state index contributed by atoms with van der Waals surface area (Å²) in [5.41, 5.74) is 0. The number of hydrogen-bond donors (Lipinski definition) is 1. The molecule has 1 aliphatic carbocycles. The van der Waals surface area contributed by atoms with Gasteiger partial charge in [-0.25, -0.2) is 8.42 Å². The Labute approximate surface area is 106 Å². The third-order valence-electron chi connectivity index (χ3n) is 3.93. The minimum atomic E-state index is -2.82. The van der Waals surface area contributed by atoms with Crippen molar-refractivity contribution in [3.05, 3.63) is 0 Å². The van der Waals surface area contributed by atoms with Gasteiger partial charge < -0.3 is 5.32 Å². The van der Waals surface area contributed by atoms with Crippen LogP contribution in [0, 0.1) is 5.92 Å². The van der Waals surface area contributed by atoms with E-state index in [-0.39, 0.29) is 11.5 Å². The molecule has 4 heteroatoms. The third-order valence-corrected chi connectivity index (χ3v) is 5.63. The molecule has 0 spiro atoms. The van der Waals surface area contributed by atoms with E-state index < -0.39 is 9.84 Å². The summed E-state index contributed by atoms with van der Waals surface area (Å²) >= 11 is 0. The van der Waals surface area contributed by atoms with Crippen LogP contribution in [0.1, 0.15) is 52.4 Å². The first kappa shape index (κ1) is 15.0. The fourth-order valence-corrected chi connectivity index (χ4v) is 3.28. The SMILES string of the molecule is CCS(=O)(=O)CCN[C@H](C)C1CCCCCC1. The second-order valence-corrected chi connectivity index (χ2v) is 7.70. The van der Waals surface area contributed by atoms with Crippen molar-refractivity contribution < 1.29 is 8.42 Å². The summed E-state index contributed by atoms with van der Waals surface area (Å²) in [5, 5.41) is 3.39. The summed E-state index contributed by atoms with van der Waals surface area (Å²) < 4.78 is 22.7. The lowest BCUT2D eigenvalue weighted by atomic mass is 9.93. The van der Waals surface area contributed by atoms with E-state index >= 15 is 0 Å². The van der Waals surface area contributed by atoms with Crippen LogP contribution in [0.25, 0.3) is 0 Å². The van der Waals surface area contributed by atoms with Gasteiger partial charge in [-0.15, -0.1) is 0 Å². The normalized spacial score (nSPS) is 21.1. The second-order valence-electron chi connectivity index (χ2n) is 5.23. The molecule has 1 aliphatic rings. The van der Waals surface area contributed by atoms with Gasteiger partial charge in [-0.3, -0.25) is 0 Å². The molecular formula is C13H27NO2S. The van der Waals surface area contributed by atoms with Gasteiger partial charge in [0.15, 0.2) is 9.84 Å². The molecule has 0 aromatic heterocycles. The molecule has 0 aromatic rings. The largest absolute Gasteiger partial charge is 0.313 e. The monoisotopic (exact) mass is 261 g/mol. The Balaban J connectivity index is 2.26. The predicted molar refractivity (Wildman–Crippen MR) is 73.0 cm³/mol. The van der Waals surface area contributed by atoms with Gasteiger partial charge in [-0.1, -0.05) is 32.6 Å². The van der Waals surface area contributed by atoms with Crippen LogP contribution in [0.4, 0.5) is 0 Å². The molecule has 1 fully saturated rings. The van der Waals surface area contributed by atoms with E-state index in [1.54, 1.807) is 6.92 Å². The molecule has 0 amide bonds. The molecule has 0 aromatic carbocycles. The van der Waals surface area contributed by atoms with Crippen LogP contribution in [0.3, 0.4) is 0 Å². The Morgan fingerprint density at radius 3 is 2.29 bits per heavy atom. The van der Waals surface area contributed by atoms with E-state index in [2.05, 4.69) is 12.2 Å². The molecule has 1 N–H and O–H groups in total. The van der Waals surface area contributed by atoms with Crippen LogP contribution in [-0.2, 0) is 9.84 Å². The quantitative estimate of drug-likeness (QED) is 0.747. The van der Waals surface area contributed by atoms with Gasteiger partial charge in [-0.2, -0.15) is 0 Å². The van der Waals surface area contributed by atoms with Crippen LogP contribution in [-0.4, -0.2) is 32.5 Å². The number of sulfone groups is 1. The molecule has 0 saturated heterocycles. The van der Waals surface area contributed by atoms with Crippen molar-refractivity contribution in [2.45, 2.75) is 58.4 Å². The topological polar surface area (TPSA) is 46.2 Å². The third kappa shape index (κ3) is 5.87. The first-order chi connectivity index (χ1) is 8.05. The molecular weight excluding hydrogens is 234 g/mol. The minimum absolute atomic E-state index is 0.256. The van der Waals surface area contributed by atoms with Crippen molar-refractivity contribution in [1.82, 2.24) is 5.32 Å². The first-order valence-corrected chi connectivity index (χ1v) is 8.81. The van der Waals surface area contributed by atoms with E-state index in [9.17, 15) is 8.42 Å². The van der Waals surface area contributed by atoms with Crippen LogP contribution < -0.4 is 5.32 Å². The molecule has 17 heavy (non-hydrogen) atoms. The van der Waals surface area contributed by atoms with Gasteiger partial charge in [0, 0.05) is 18.3 Å². The molecule has 0 unspecified atom stereocenters. The van der Waals surface area contributed by atoms with E-state index in [1.807, 2.05) is 0 Å². The lowest BCUT2D eigenvalue weighted by molar-refractivity contribution is 0.343. The maximum Gasteiger partial charge on any atom is 0.151 e. The Bertz CT molecular complexity index is 293. The molecule has 102 valence electrons. The molecule has 0 bridgehead atoms. The summed E-state index contributed by atoms with van der Waals surface area (Å²) in [4.78, 5) is 0. The molecule has 3 nitrogen and oxygen atoms in total. The zero-order valence-corrected chi connectivity index (χ0v) is 12.1. The highest BCUT2D eigenvalue weighted by Gasteiger charge is 2.19. The number of nitrogens with one attached hydrogen (secondary N) is 1. The Hall–Kier alpha value is -0.0900. The maximum absolute atomic E-state index is 11.4. The number of rotatable bonds is 6. The van der Waals surface area contributed by atoms with E-state index in [4.69, 9.17) is 0 Å². The van der Waals surface area contributed by atoms with Crippen LogP contribution in [0.5, 0.6) is 0 Å². The average Bonchev–Trinajstić information content (AvgIpc) is 2.57. The Morgan fingerprint density at radius 2 is 1.76 bits per heavy atom. The smallest absolute Gasteiger partial charge is 0.151 e. The zero-order valence-electron chi connectivity index (χ0n) is 11.2. The lowest BCUT2D eigenvalue weighted by Crippen LogP contribution is -2.36. The van der Waals surface area contributed by atoms with Gasteiger partial charge in [0.2, 0.25) is 0 Å². The van der Waals surface area contributed by atoms with E-state index in [0.29, 0.717) is 12.6 Å². The maximum atomic E-state index is 11.4. The predicted octanol–water partition coefficient (Wildman–Crippen LogP) is 2.37. The Morgan fingerprint density at radius 1 is 1.18 bits per heavy atom. The average molecular weight is 261 g/mol. The van der Waals surface area contributed by atoms with E-state index in [1.165, 1.54) is 38.5 Å². The van der Waals surface area contributed by atoms with Gasteiger partial charge in [0.05, 0.1) is 5.75 Å². The van der Waals surface area contributed by atoms with Gasteiger partial charge in [-0.05, 0) is 25.7 Å². The summed E-state index contributed by atoms with van der Waals surface area (Å²) in [5.74, 6) is 1.27.